The minimum absolute atomic E-state index is 0.235. The van der Waals surface area contributed by atoms with Gasteiger partial charge in [0, 0.05) is 18.8 Å². The molecule has 32 heavy (non-hydrogen) atoms. The fourth-order valence-corrected chi connectivity index (χ4v) is 5.22. The number of hydrogen-bond donors (Lipinski definition) is 1. The number of sulfonamides is 1. The van der Waals surface area contributed by atoms with Gasteiger partial charge in [-0.2, -0.15) is 4.31 Å². The molecule has 2 aromatic carbocycles. The first-order chi connectivity index (χ1) is 15.1. The summed E-state index contributed by atoms with van der Waals surface area (Å²) in [6, 6.07) is 12.4. The maximum Gasteiger partial charge on any atom is 0.309 e. The zero-order valence-electron chi connectivity index (χ0n) is 18.9. The summed E-state index contributed by atoms with van der Waals surface area (Å²) in [6.45, 7) is 7.71. The molecule has 172 valence electrons. The van der Waals surface area contributed by atoms with Crippen LogP contribution in [0.5, 0.6) is 0 Å². The largest absolute Gasteiger partial charge is 0.452 e. The molecule has 1 aliphatic heterocycles. The van der Waals surface area contributed by atoms with Gasteiger partial charge >= 0.3 is 5.97 Å². The molecule has 0 saturated carbocycles. The van der Waals surface area contributed by atoms with E-state index in [2.05, 4.69) is 5.32 Å². The first-order valence-electron chi connectivity index (χ1n) is 10.7. The normalized spacial score (nSPS) is 16.4. The zero-order valence-corrected chi connectivity index (χ0v) is 19.7. The van der Waals surface area contributed by atoms with Crippen molar-refractivity contribution >= 4 is 27.6 Å². The minimum atomic E-state index is -3.59. The summed E-state index contributed by atoms with van der Waals surface area (Å²) in [5.41, 5.74) is 3.56. The molecule has 0 radical (unpaired) electrons. The monoisotopic (exact) mass is 458 g/mol. The molecule has 1 unspecified atom stereocenters. The molecule has 0 bridgehead atoms. The molecule has 0 aliphatic carbocycles. The van der Waals surface area contributed by atoms with E-state index < -0.39 is 33.9 Å². The van der Waals surface area contributed by atoms with Gasteiger partial charge in [-0.25, -0.2) is 8.42 Å². The van der Waals surface area contributed by atoms with Gasteiger partial charge in [0.15, 0.2) is 6.10 Å². The van der Waals surface area contributed by atoms with E-state index in [0.717, 1.165) is 22.4 Å². The van der Waals surface area contributed by atoms with E-state index in [4.69, 9.17) is 4.74 Å². The highest BCUT2D eigenvalue weighted by Crippen LogP contribution is 2.25. The van der Waals surface area contributed by atoms with Crippen molar-refractivity contribution in [3.8, 4) is 0 Å². The third kappa shape index (κ3) is 5.37. The molecule has 0 spiro atoms. The fourth-order valence-electron chi connectivity index (χ4n) is 3.75. The maximum atomic E-state index is 12.8. The number of nitrogens with zero attached hydrogens (tertiary/aromatic N) is 1. The Kier molecular flexibility index (Phi) is 7.36. The number of rotatable bonds is 6. The van der Waals surface area contributed by atoms with Gasteiger partial charge < -0.3 is 10.1 Å². The highest BCUT2D eigenvalue weighted by Gasteiger charge is 2.34. The van der Waals surface area contributed by atoms with Gasteiger partial charge in [-0.15, -0.1) is 0 Å². The van der Waals surface area contributed by atoms with Gasteiger partial charge in [0.25, 0.3) is 5.91 Å². The predicted octanol–water partition coefficient (Wildman–Crippen LogP) is 3.58. The molecule has 1 aliphatic rings. The van der Waals surface area contributed by atoms with Crippen LogP contribution in [0.3, 0.4) is 0 Å². The van der Waals surface area contributed by atoms with Crippen molar-refractivity contribution in [1.29, 1.82) is 0 Å². The van der Waals surface area contributed by atoms with E-state index in [0.29, 0.717) is 12.8 Å². The van der Waals surface area contributed by atoms with E-state index in [9.17, 15) is 18.0 Å². The van der Waals surface area contributed by atoms with Crippen LogP contribution in [0.15, 0.2) is 47.4 Å². The predicted molar refractivity (Wildman–Crippen MR) is 123 cm³/mol. The number of carbonyl (C=O) groups is 2. The van der Waals surface area contributed by atoms with Gasteiger partial charge in [0.1, 0.15) is 0 Å². The second-order valence-corrected chi connectivity index (χ2v) is 10.3. The third-order valence-electron chi connectivity index (χ3n) is 5.84. The lowest BCUT2D eigenvalue weighted by molar-refractivity contribution is -0.158. The van der Waals surface area contributed by atoms with E-state index in [-0.39, 0.29) is 18.0 Å². The van der Waals surface area contributed by atoms with Crippen molar-refractivity contribution in [2.45, 2.75) is 51.5 Å². The first kappa shape index (κ1) is 23.9. The third-order valence-corrected chi connectivity index (χ3v) is 7.75. The Morgan fingerprint density at radius 2 is 1.56 bits per heavy atom. The number of benzene rings is 2. The number of para-hydroxylation sites is 1. The number of anilines is 1. The van der Waals surface area contributed by atoms with E-state index in [1.807, 2.05) is 39.0 Å². The van der Waals surface area contributed by atoms with E-state index >= 15 is 0 Å². The van der Waals surface area contributed by atoms with E-state index in [1.165, 1.54) is 11.2 Å². The number of carbonyl (C=O) groups excluding carboxylic acids is 2. The standard InChI is InChI=1S/C24H30N2O5S/c1-16-8-10-21(11-9-16)32(29,30)26-14-12-20(13-15-26)24(28)31-19(4)23(27)25-22-17(2)6-5-7-18(22)3/h5-11,19-20H,12-15H2,1-4H3,(H,25,27). The van der Waals surface area contributed by atoms with Gasteiger partial charge in [0.05, 0.1) is 10.8 Å². The second-order valence-electron chi connectivity index (χ2n) is 8.33. The number of hydrogen-bond acceptors (Lipinski definition) is 5. The number of esters is 1. The molecule has 1 amide bonds. The number of aryl methyl sites for hydroxylation is 3. The lowest BCUT2D eigenvalue weighted by Crippen LogP contribution is -2.41. The summed E-state index contributed by atoms with van der Waals surface area (Å²) in [4.78, 5) is 25.4. The SMILES string of the molecule is Cc1ccc(S(=O)(=O)N2CCC(C(=O)OC(C)C(=O)Nc3c(C)cccc3C)CC2)cc1. The number of ether oxygens (including phenoxy) is 1. The summed E-state index contributed by atoms with van der Waals surface area (Å²) in [6.07, 6.45) is -0.236. The Morgan fingerprint density at radius 1 is 1.00 bits per heavy atom. The molecular formula is C24H30N2O5S. The van der Waals surface area contributed by atoms with Crippen LogP contribution in [-0.4, -0.2) is 43.8 Å². The molecular weight excluding hydrogens is 428 g/mol. The molecule has 1 heterocycles. The Hall–Kier alpha value is -2.71. The second kappa shape index (κ2) is 9.83. The number of amides is 1. The van der Waals surface area contributed by atoms with Crippen molar-refractivity contribution in [3.05, 3.63) is 59.2 Å². The highest BCUT2D eigenvalue weighted by atomic mass is 32.2. The zero-order chi connectivity index (χ0) is 23.5. The molecule has 7 nitrogen and oxygen atoms in total. The van der Waals surface area contributed by atoms with Crippen molar-refractivity contribution in [1.82, 2.24) is 4.31 Å². The van der Waals surface area contributed by atoms with Crippen LogP contribution in [0, 0.1) is 26.7 Å². The van der Waals surface area contributed by atoms with Crippen molar-refractivity contribution in [3.63, 3.8) is 0 Å². The molecule has 1 N–H and O–H groups in total. The quantitative estimate of drug-likeness (QED) is 0.668. The molecule has 2 aromatic rings. The van der Waals surface area contributed by atoms with Crippen LogP contribution >= 0.6 is 0 Å². The van der Waals surface area contributed by atoms with Gasteiger partial charge in [0.2, 0.25) is 10.0 Å². The van der Waals surface area contributed by atoms with Gasteiger partial charge in [-0.1, -0.05) is 35.9 Å². The summed E-state index contributed by atoms with van der Waals surface area (Å²) in [7, 11) is -3.59. The van der Waals surface area contributed by atoms with Crippen molar-refractivity contribution < 1.29 is 22.7 Å². The summed E-state index contributed by atoms with van der Waals surface area (Å²) in [5.74, 6) is -1.30. The van der Waals surface area contributed by atoms with E-state index in [1.54, 1.807) is 24.3 Å². The molecule has 1 atom stereocenters. The lowest BCUT2D eigenvalue weighted by atomic mass is 9.98. The summed E-state index contributed by atoms with van der Waals surface area (Å²) < 4.78 is 32.5. The smallest absolute Gasteiger partial charge is 0.309 e. The topological polar surface area (TPSA) is 92.8 Å². The Balaban J connectivity index is 1.55. The van der Waals surface area contributed by atoms with Gasteiger partial charge in [-0.05, 0) is 63.8 Å². The number of nitrogens with one attached hydrogen (secondary N) is 1. The molecule has 1 saturated heterocycles. The Bertz CT molecular complexity index is 1070. The lowest BCUT2D eigenvalue weighted by Gasteiger charge is -2.30. The average molecular weight is 459 g/mol. The fraction of sp³-hybridized carbons (Fsp3) is 0.417. The first-order valence-corrected chi connectivity index (χ1v) is 12.2. The van der Waals surface area contributed by atoms with Crippen LogP contribution < -0.4 is 5.32 Å². The molecule has 8 heteroatoms. The average Bonchev–Trinajstić information content (AvgIpc) is 2.76. The summed E-state index contributed by atoms with van der Waals surface area (Å²) in [5, 5.41) is 2.83. The van der Waals surface area contributed by atoms with Gasteiger partial charge in [-0.3, -0.25) is 9.59 Å². The van der Waals surface area contributed by atoms with Crippen molar-refractivity contribution in [2.24, 2.45) is 5.92 Å². The van der Waals surface area contributed by atoms with Crippen LogP contribution in [0.4, 0.5) is 5.69 Å². The van der Waals surface area contributed by atoms with Crippen LogP contribution in [-0.2, 0) is 24.3 Å². The number of piperidine rings is 1. The Morgan fingerprint density at radius 3 is 2.12 bits per heavy atom. The molecule has 1 fully saturated rings. The highest BCUT2D eigenvalue weighted by molar-refractivity contribution is 7.89. The molecule has 0 aromatic heterocycles. The Labute approximate surface area is 189 Å². The summed E-state index contributed by atoms with van der Waals surface area (Å²) >= 11 is 0. The minimum Gasteiger partial charge on any atom is -0.452 e. The van der Waals surface area contributed by atoms with Crippen LogP contribution in [0.2, 0.25) is 0 Å². The van der Waals surface area contributed by atoms with Crippen LogP contribution in [0.25, 0.3) is 0 Å². The van der Waals surface area contributed by atoms with Crippen LogP contribution in [0.1, 0.15) is 36.5 Å². The maximum absolute atomic E-state index is 12.8. The molecule has 3 rings (SSSR count). The van der Waals surface area contributed by atoms with Crippen molar-refractivity contribution in [2.75, 3.05) is 18.4 Å².